The van der Waals surface area contributed by atoms with Crippen LogP contribution in [-0.2, 0) is 0 Å². The number of nitrogens with zero attached hydrogens (tertiary/aromatic N) is 3. The zero-order valence-corrected chi connectivity index (χ0v) is 20.1. The molecule has 1 aliphatic rings. The van der Waals surface area contributed by atoms with Crippen LogP contribution in [0.4, 0.5) is 5.69 Å². The number of halogens is 1. The Morgan fingerprint density at radius 2 is 1.70 bits per heavy atom. The zero-order valence-electron chi connectivity index (χ0n) is 17.7. The van der Waals surface area contributed by atoms with Crippen LogP contribution in [0.15, 0.2) is 53.5 Å². The molecule has 0 aliphatic carbocycles. The first-order valence-electron chi connectivity index (χ1n) is 9.90. The number of ether oxygens (including phenoxy) is 2. The number of phenolic OH excluding ortho intramolecular Hbond substituents is 1. The standard InChI is InChI=1S/C22H30N4O3.HI/c1-17(29-21-11-7-6-10-20(21)28-3)16-24-22(23-2)26-14-12-25(13-15-26)18-8-4-5-9-19(18)27;/h4-11,17,27H,12-16H2,1-3H3,(H,23,24);1H. The van der Waals surface area contributed by atoms with E-state index in [-0.39, 0.29) is 30.1 Å². The monoisotopic (exact) mass is 526 g/mol. The predicted octanol–water partition coefficient (Wildman–Crippen LogP) is 3.18. The van der Waals surface area contributed by atoms with Crippen molar-refractivity contribution >= 4 is 35.6 Å². The lowest BCUT2D eigenvalue weighted by atomic mass is 10.2. The van der Waals surface area contributed by atoms with Gasteiger partial charge in [-0.2, -0.15) is 0 Å². The van der Waals surface area contributed by atoms with Gasteiger partial charge in [-0.25, -0.2) is 0 Å². The molecule has 1 saturated heterocycles. The van der Waals surface area contributed by atoms with Crippen molar-refractivity contribution in [1.82, 2.24) is 10.2 Å². The van der Waals surface area contributed by atoms with Gasteiger partial charge in [0.15, 0.2) is 17.5 Å². The van der Waals surface area contributed by atoms with Gasteiger partial charge < -0.3 is 29.7 Å². The van der Waals surface area contributed by atoms with Crippen LogP contribution in [0.3, 0.4) is 0 Å². The fraction of sp³-hybridized carbons (Fsp3) is 0.409. The highest BCUT2D eigenvalue weighted by Crippen LogP contribution is 2.28. The second kappa shape index (κ2) is 11.7. The van der Waals surface area contributed by atoms with E-state index < -0.39 is 0 Å². The first kappa shape index (κ1) is 23.9. The van der Waals surface area contributed by atoms with E-state index in [1.807, 2.05) is 49.4 Å². The van der Waals surface area contributed by atoms with Crippen molar-refractivity contribution in [2.24, 2.45) is 4.99 Å². The molecule has 2 N–H and O–H groups in total. The molecular weight excluding hydrogens is 495 g/mol. The van der Waals surface area contributed by atoms with Gasteiger partial charge in [-0.3, -0.25) is 4.99 Å². The van der Waals surface area contributed by atoms with E-state index in [1.165, 1.54) is 0 Å². The van der Waals surface area contributed by atoms with Crippen LogP contribution in [0.1, 0.15) is 6.92 Å². The molecule has 0 aromatic heterocycles. The lowest BCUT2D eigenvalue weighted by Gasteiger charge is -2.38. The minimum Gasteiger partial charge on any atom is -0.506 e. The number of hydrogen-bond donors (Lipinski definition) is 2. The van der Waals surface area contributed by atoms with Crippen LogP contribution in [-0.4, -0.2) is 69.0 Å². The Balaban J connectivity index is 0.00000320. The molecule has 1 atom stereocenters. The molecule has 1 fully saturated rings. The van der Waals surface area contributed by atoms with E-state index >= 15 is 0 Å². The third-order valence-corrected chi connectivity index (χ3v) is 4.96. The van der Waals surface area contributed by atoms with Gasteiger partial charge in [0.05, 0.1) is 19.3 Å². The SMILES string of the molecule is CN=C(NCC(C)Oc1ccccc1OC)N1CCN(c2ccccc2O)CC1.I. The summed E-state index contributed by atoms with van der Waals surface area (Å²) in [6.07, 6.45) is -0.0504. The Kier molecular flexibility index (Phi) is 9.35. The highest BCUT2D eigenvalue weighted by atomic mass is 127. The number of aliphatic imine (C=N–C) groups is 1. The molecule has 30 heavy (non-hydrogen) atoms. The van der Waals surface area contributed by atoms with Crippen LogP contribution in [0.5, 0.6) is 17.2 Å². The van der Waals surface area contributed by atoms with E-state index in [0.717, 1.165) is 49.3 Å². The van der Waals surface area contributed by atoms with E-state index in [4.69, 9.17) is 9.47 Å². The normalized spacial score (nSPS) is 15.2. The minimum atomic E-state index is -0.0504. The van der Waals surface area contributed by atoms with E-state index in [0.29, 0.717) is 12.3 Å². The molecular formula is C22H31IN4O3. The molecule has 7 nitrogen and oxygen atoms in total. The third kappa shape index (κ3) is 6.07. The number of rotatable bonds is 6. The van der Waals surface area contributed by atoms with E-state index in [9.17, 15) is 5.11 Å². The average molecular weight is 526 g/mol. The fourth-order valence-electron chi connectivity index (χ4n) is 3.43. The molecule has 3 rings (SSSR count). The van der Waals surface area contributed by atoms with Crippen molar-refractivity contribution in [3.05, 3.63) is 48.5 Å². The van der Waals surface area contributed by atoms with Crippen molar-refractivity contribution in [3.63, 3.8) is 0 Å². The van der Waals surface area contributed by atoms with Crippen LogP contribution in [0.2, 0.25) is 0 Å². The third-order valence-electron chi connectivity index (χ3n) is 4.96. The number of phenols is 1. The molecule has 8 heteroatoms. The van der Waals surface area contributed by atoms with Gasteiger partial charge in [-0.1, -0.05) is 24.3 Å². The van der Waals surface area contributed by atoms with Crippen molar-refractivity contribution in [2.75, 3.05) is 51.8 Å². The summed E-state index contributed by atoms with van der Waals surface area (Å²) in [5, 5.41) is 13.5. The second-order valence-electron chi connectivity index (χ2n) is 6.97. The predicted molar refractivity (Wildman–Crippen MR) is 132 cm³/mol. The maximum Gasteiger partial charge on any atom is 0.193 e. The van der Waals surface area contributed by atoms with Gasteiger partial charge in [0.2, 0.25) is 0 Å². The summed E-state index contributed by atoms with van der Waals surface area (Å²) in [5.41, 5.74) is 0.883. The van der Waals surface area contributed by atoms with Gasteiger partial charge in [0, 0.05) is 33.2 Å². The summed E-state index contributed by atoms with van der Waals surface area (Å²) in [6, 6.07) is 15.1. The van der Waals surface area contributed by atoms with Crippen LogP contribution in [0, 0.1) is 0 Å². The maximum absolute atomic E-state index is 10.1. The number of para-hydroxylation sites is 4. The molecule has 0 saturated carbocycles. The van der Waals surface area contributed by atoms with Gasteiger partial charge in [-0.15, -0.1) is 24.0 Å². The molecule has 1 heterocycles. The highest BCUT2D eigenvalue weighted by Gasteiger charge is 2.21. The number of nitrogens with one attached hydrogen (secondary N) is 1. The topological polar surface area (TPSA) is 69.6 Å². The van der Waals surface area contributed by atoms with Gasteiger partial charge in [0.1, 0.15) is 11.9 Å². The first-order valence-corrected chi connectivity index (χ1v) is 9.90. The smallest absolute Gasteiger partial charge is 0.193 e. The molecule has 2 aromatic rings. The Labute approximate surface area is 195 Å². The first-order chi connectivity index (χ1) is 14.1. The molecule has 0 spiro atoms. The number of guanidine groups is 1. The Bertz CT molecular complexity index is 826. The lowest BCUT2D eigenvalue weighted by Crippen LogP contribution is -2.53. The van der Waals surface area contributed by atoms with Gasteiger partial charge in [0.25, 0.3) is 0 Å². The molecule has 2 aromatic carbocycles. The Hall–Kier alpha value is -2.36. The lowest BCUT2D eigenvalue weighted by molar-refractivity contribution is 0.211. The molecule has 164 valence electrons. The van der Waals surface area contributed by atoms with Crippen molar-refractivity contribution in [1.29, 1.82) is 0 Å². The minimum absolute atomic E-state index is 0. The molecule has 0 radical (unpaired) electrons. The second-order valence-corrected chi connectivity index (χ2v) is 6.97. The largest absolute Gasteiger partial charge is 0.506 e. The summed E-state index contributed by atoms with van der Waals surface area (Å²) >= 11 is 0. The number of anilines is 1. The van der Waals surface area contributed by atoms with E-state index in [1.54, 1.807) is 20.2 Å². The van der Waals surface area contributed by atoms with Crippen molar-refractivity contribution in [2.45, 2.75) is 13.0 Å². The number of methoxy groups -OCH3 is 1. The Morgan fingerprint density at radius 1 is 1.07 bits per heavy atom. The zero-order chi connectivity index (χ0) is 20.6. The number of benzene rings is 2. The molecule has 0 bridgehead atoms. The van der Waals surface area contributed by atoms with Gasteiger partial charge >= 0.3 is 0 Å². The van der Waals surface area contributed by atoms with Crippen molar-refractivity contribution < 1.29 is 14.6 Å². The summed E-state index contributed by atoms with van der Waals surface area (Å²) in [5.74, 6) is 2.64. The number of piperazine rings is 1. The average Bonchev–Trinajstić information content (AvgIpc) is 2.75. The van der Waals surface area contributed by atoms with E-state index in [2.05, 4.69) is 20.1 Å². The van der Waals surface area contributed by atoms with Crippen LogP contribution < -0.4 is 19.7 Å². The highest BCUT2D eigenvalue weighted by molar-refractivity contribution is 14.0. The van der Waals surface area contributed by atoms with Gasteiger partial charge in [-0.05, 0) is 31.2 Å². The number of aromatic hydroxyl groups is 1. The van der Waals surface area contributed by atoms with Crippen LogP contribution in [0.25, 0.3) is 0 Å². The molecule has 1 unspecified atom stereocenters. The summed E-state index contributed by atoms with van der Waals surface area (Å²) in [4.78, 5) is 8.85. The summed E-state index contributed by atoms with van der Waals surface area (Å²) in [7, 11) is 3.44. The fourth-order valence-corrected chi connectivity index (χ4v) is 3.43. The summed E-state index contributed by atoms with van der Waals surface area (Å²) < 4.78 is 11.4. The molecule has 1 aliphatic heterocycles. The maximum atomic E-state index is 10.1. The molecule has 0 amide bonds. The van der Waals surface area contributed by atoms with Crippen molar-refractivity contribution in [3.8, 4) is 17.2 Å². The summed E-state index contributed by atoms with van der Waals surface area (Å²) in [6.45, 7) is 5.95. The Morgan fingerprint density at radius 3 is 2.33 bits per heavy atom. The quantitative estimate of drug-likeness (QED) is 0.343. The number of hydrogen-bond acceptors (Lipinski definition) is 5. The van der Waals surface area contributed by atoms with Crippen LogP contribution >= 0.6 is 24.0 Å².